The number of aryl methyl sites for hydroxylation is 1. The summed E-state index contributed by atoms with van der Waals surface area (Å²) in [5, 5.41) is 0. The SMILES string of the molecule is Cc1cc(CN)ccc1CN1CCCC2CCCC21. The topological polar surface area (TPSA) is 29.3 Å². The molecule has 2 unspecified atom stereocenters. The van der Waals surface area contributed by atoms with E-state index in [-0.39, 0.29) is 0 Å². The first-order valence-electron chi connectivity index (χ1n) is 7.80. The van der Waals surface area contributed by atoms with E-state index in [4.69, 9.17) is 5.73 Å². The third-order valence-corrected chi connectivity index (χ3v) is 5.12. The maximum atomic E-state index is 5.71. The van der Waals surface area contributed by atoms with Gasteiger partial charge in [-0.2, -0.15) is 0 Å². The Labute approximate surface area is 117 Å². The summed E-state index contributed by atoms with van der Waals surface area (Å²) in [7, 11) is 0. The first kappa shape index (κ1) is 13.1. The van der Waals surface area contributed by atoms with E-state index in [1.165, 1.54) is 55.3 Å². The zero-order valence-corrected chi connectivity index (χ0v) is 12.1. The van der Waals surface area contributed by atoms with Crippen LogP contribution in [-0.4, -0.2) is 17.5 Å². The van der Waals surface area contributed by atoms with Gasteiger partial charge in [0.1, 0.15) is 0 Å². The van der Waals surface area contributed by atoms with Crippen molar-refractivity contribution < 1.29 is 0 Å². The molecule has 0 spiro atoms. The van der Waals surface area contributed by atoms with E-state index < -0.39 is 0 Å². The Bertz CT molecular complexity index is 441. The lowest BCUT2D eigenvalue weighted by Gasteiger charge is -2.38. The molecule has 2 nitrogen and oxygen atoms in total. The lowest BCUT2D eigenvalue weighted by Crippen LogP contribution is -2.42. The third-order valence-electron chi connectivity index (χ3n) is 5.12. The van der Waals surface area contributed by atoms with Crippen LogP contribution in [0.15, 0.2) is 18.2 Å². The summed E-state index contributed by atoms with van der Waals surface area (Å²) in [4.78, 5) is 2.74. The van der Waals surface area contributed by atoms with Crippen LogP contribution in [0.25, 0.3) is 0 Å². The molecule has 2 atom stereocenters. The average molecular weight is 258 g/mol. The lowest BCUT2D eigenvalue weighted by molar-refractivity contribution is 0.105. The maximum Gasteiger partial charge on any atom is 0.0239 e. The molecule has 2 aliphatic rings. The lowest BCUT2D eigenvalue weighted by atomic mass is 9.91. The van der Waals surface area contributed by atoms with Crippen LogP contribution in [0.5, 0.6) is 0 Å². The van der Waals surface area contributed by atoms with Crippen LogP contribution in [0.1, 0.15) is 48.8 Å². The second-order valence-corrected chi connectivity index (χ2v) is 6.34. The van der Waals surface area contributed by atoms with Gasteiger partial charge in [0.25, 0.3) is 0 Å². The molecule has 1 aromatic carbocycles. The molecule has 2 fully saturated rings. The highest BCUT2D eigenvalue weighted by Crippen LogP contribution is 2.37. The molecule has 1 aliphatic carbocycles. The number of likely N-dealkylation sites (tertiary alicyclic amines) is 1. The summed E-state index contributed by atoms with van der Waals surface area (Å²) in [6, 6.07) is 7.60. The summed E-state index contributed by atoms with van der Waals surface area (Å²) in [5.41, 5.74) is 9.86. The second kappa shape index (κ2) is 5.64. The number of nitrogens with zero attached hydrogens (tertiary/aromatic N) is 1. The van der Waals surface area contributed by atoms with E-state index in [0.29, 0.717) is 6.54 Å². The van der Waals surface area contributed by atoms with Gasteiger partial charge in [-0.1, -0.05) is 24.6 Å². The van der Waals surface area contributed by atoms with Crippen molar-refractivity contribution in [2.45, 2.75) is 58.2 Å². The Kier molecular flexibility index (Phi) is 3.90. The smallest absolute Gasteiger partial charge is 0.0239 e. The predicted molar refractivity (Wildman–Crippen MR) is 79.8 cm³/mol. The van der Waals surface area contributed by atoms with Gasteiger partial charge in [-0.15, -0.1) is 0 Å². The molecule has 0 amide bonds. The van der Waals surface area contributed by atoms with Crippen LogP contribution in [0.3, 0.4) is 0 Å². The highest BCUT2D eigenvalue weighted by Gasteiger charge is 2.34. The fraction of sp³-hybridized carbons (Fsp3) is 0.647. The van der Waals surface area contributed by atoms with Crippen molar-refractivity contribution in [3.8, 4) is 0 Å². The molecule has 0 aromatic heterocycles. The molecule has 0 radical (unpaired) electrons. The minimum Gasteiger partial charge on any atom is -0.326 e. The molecule has 0 bridgehead atoms. The van der Waals surface area contributed by atoms with Crippen molar-refractivity contribution in [2.75, 3.05) is 6.54 Å². The van der Waals surface area contributed by atoms with Crippen LogP contribution in [-0.2, 0) is 13.1 Å². The standard InChI is InChI=1S/C17H26N2/c1-13-10-14(11-18)7-8-16(13)12-19-9-3-5-15-4-2-6-17(15)19/h7-8,10,15,17H,2-6,9,11-12,18H2,1H3. The van der Waals surface area contributed by atoms with Crippen molar-refractivity contribution in [1.82, 2.24) is 4.90 Å². The molecular formula is C17H26N2. The largest absolute Gasteiger partial charge is 0.326 e. The molecule has 19 heavy (non-hydrogen) atoms. The Morgan fingerprint density at radius 3 is 2.84 bits per heavy atom. The molecule has 1 saturated carbocycles. The van der Waals surface area contributed by atoms with Crippen molar-refractivity contribution in [1.29, 1.82) is 0 Å². The Hall–Kier alpha value is -0.860. The molecule has 104 valence electrons. The van der Waals surface area contributed by atoms with Crippen LogP contribution < -0.4 is 5.73 Å². The summed E-state index contributed by atoms with van der Waals surface area (Å²) >= 11 is 0. The van der Waals surface area contributed by atoms with Crippen molar-refractivity contribution >= 4 is 0 Å². The predicted octanol–water partition coefficient (Wildman–Crippen LogP) is 3.22. The Morgan fingerprint density at radius 1 is 1.21 bits per heavy atom. The number of rotatable bonds is 3. The Balaban J connectivity index is 1.73. The van der Waals surface area contributed by atoms with E-state index >= 15 is 0 Å². The quantitative estimate of drug-likeness (QED) is 0.902. The fourth-order valence-corrected chi connectivity index (χ4v) is 4.03. The van der Waals surface area contributed by atoms with Crippen molar-refractivity contribution in [2.24, 2.45) is 11.7 Å². The number of hydrogen-bond donors (Lipinski definition) is 1. The summed E-state index contributed by atoms with van der Waals surface area (Å²) in [5.74, 6) is 0.984. The molecule has 2 heteroatoms. The average Bonchev–Trinajstić information content (AvgIpc) is 2.90. The zero-order valence-electron chi connectivity index (χ0n) is 12.1. The third kappa shape index (κ3) is 2.70. The van der Waals surface area contributed by atoms with Gasteiger partial charge in [0.15, 0.2) is 0 Å². The van der Waals surface area contributed by atoms with Crippen LogP contribution in [0, 0.1) is 12.8 Å². The van der Waals surface area contributed by atoms with Gasteiger partial charge in [0.05, 0.1) is 0 Å². The summed E-state index contributed by atoms with van der Waals surface area (Å²) in [6.07, 6.45) is 7.18. The fourth-order valence-electron chi connectivity index (χ4n) is 4.03. The summed E-state index contributed by atoms with van der Waals surface area (Å²) < 4.78 is 0. The second-order valence-electron chi connectivity index (χ2n) is 6.34. The summed E-state index contributed by atoms with van der Waals surface area (Å²) in [6.45, 7) is 5.30. The highest BCUT2D eigenvalue weighted by atomic mass is 15.2. The molecule has 2 N–H and O–H groups in total. The number of nitrogens with two attached hydrogens (primary N) is 1. The highest BCUT2D eigenvalue weighted by molar-refractivity contribution is 5.31. The van der Waals surface area contributed by atoms with Gasteiger partial charge < -0.3 is 5.73 Å². The number of hydrogen-bond acceptors (Lipinski definition) is 2. The van der Waals surface area contributed by atoms with E-state index in [2.05, 4.69) is 30.0 Å². The normalized spacial score (nSPS) is 27.5. The molecule has 1 heterocycles. The molecule has 3 rings (SSSR count). The van der Waals surface area contributed by atoms with E-state index in [9.17, 15) is 0 Å². The minimum atomic E-state index is 0.648. The first-order valence-corrected chi connectivity index (χ1v) is 7.80. The minimum absolute atomic E-state index is 0.648. The molecular weight excluding hydrogens is 232 g/mol. The number of benzene rings is 1. The van der Waals surface area contributed by atoms with Gasteiger partial charge in [0.2, 0.25) is 0 Å². The van der Waals surface area contributed by atoms with Crippen LogP contribution >= 0.6 is 0 Å². The van der Waals surface area contributed by atoms with Crippen LogP contribution in [0.2, 0.25) is 0 Å². The first-order chi connectivity index (χ1) is 9.28. The monoisotopic (exact) mass is 258 g/mol. The van der Waals surface area contributed by atoms with Gasteiger partial charge in [-0.25, -0.2) is 0 Å². The van der Waals surface area contributed by atoms with Gasteiger partial charge in [0, 0.05) is 19.1 Å². The van der Waals surface area contributed by atoms with Gasteiger partial charge >= 0.3 is 0 Å². The van der Waals surface area contributed by atoms with Gasteiger partial charge in [-0.3, -0.25) is 4.90 Å². The maximum absolute atomic E-state index is 5.71. The molecule has 1 saturated heterocycles. The van der Waals surface area contributed by atoms with Crippen molar-refractivity contribution in [3.63, 3.8) is 0 Å². The van der Waals surface area contributed by atoms with Gasteiger partial charge in [-0.05, 0) is 61.8 Å². The van der Waals surface area contributed by atoms with E-state index in [1.54, 1.807) is 0 Å². The Morgan fingerprint density at radius 2 is 2.05 bits per heavy atom. The van der Waals surface area contributed by atoms with E-state index in [0.717, 1.165) is 18.5 Å². The number of piperidine rings is 1. The van der Waals surface area contributed by atoms with Crippen molar-refractivity contribution in [3.05, 3.63) is 34.9 Å². The number of fused-ring (bicyclic) bond motifs is 1. The molecule has 1 aromatic rings. The van der Waals surface area contributed by atoms with Crippen LogP contribution in [0.4, 0.5) is 0 Å². The zero-order chi connectivity index (χ0) is 13.2. The molecule has 1 aliphatic heterocycles. The van der Waals surface area contributed by atoms with E-state index in [1.807, 2.05) is 0 Å².